The van der Waals surface area contributed by atoms with Crippen LogP contribution in [0.25, 0.3) is 0 Å². The number of phosphoric acid groups is 1. The molecule has 4 nitrogen and oxygen atoms in total. The second kappa shape index (κ2) is 27.0. The molecule has 0 fully saturated rings. The number of hydrogen-bond acceptors (Lipinski definition) is 4. The van der Waals surface area contributed by atoms with Gasteiger partial charge in [-0.3, -0.25) is 13.6 Å². The number of phosphoric ester groups is 1. The van der Waals surface area contributed by atoms with Crippen molar-refractivity contribution in [1.29, 1.82) is 0 Å². The lowest BCUT2D eigenvalue weighted by Crippen LogP contribution is -2.30. The molecule has 3 aromatic carbocycles. The van der Waals surface area contributed by atoms with Crippen LogP contribution in [0.5, 0.6) is 0 Å². The van der Waals surface area contributed by atoms with Crippen molar-refractivity contribution in [2.24, 2.45) is 34.0 Å². The van der Waals surface area contributed by atoms with E-state index < -0.39 is 26.1 Å². The van der Waals surface area contributed by atoms with Gasteiger partial charge >= 0.3 is 7.82 Å². The van der Waals surface area contributed by atoms with Gasteiger partial charge in [-0.05, 0) is 122 Å². The highest BCUT2D eigenvalue weighted by atomic mass is 31.2. The summed E-state index contributed by atoms with van der Waals surface area (Å²) in [4.78, 5) is 0. The number of benzene rings is 3. The molecule has 0 amide bonds. The first-order valence-electron chi connectivity index (χ1n) is 28.8. The average molecular weight is 1000 g/mol. The second-order valence-corrected chi connectivity index (χ2v) is 29.1. The van der Waals surface area contributed by atoms with E-state index >= 15 is 4.57 Å². The molecule has 404 valence electrons. The summed E-state index contributed by atoms with van der Waals surface area (Å²) in [6.07, 6.45) is 13.2. The Morgan fingerprint density at radius 2 is 0.606 bits per heavy atom. The van der Waals surface area contributed by atoms with E-state index in [4.69, 9.17) is 13.6 Å². The highest BCUT2D eigenvalue weighted by Crippen LogP contribution is 2.64. The maximum Gasteiger partial charge on any atom is 0.476 e. The van der Waals surface area contributed by atoms with Crippen LogP contribution in [0.15, 0.2) is 72.8 Å². The van der Waals surface area contributed by atoms with Crippen molar-refractivity contribution in [2.45, 2.75) is 276 Å². The van der Waals surface area contributed by atoms with Gasteiger partial charge < -0.3 is 0 Å². The third-order valence-corrected chi connectivity index (χ3v) is 16.7. The molecule has 0 saturated heterocycles. The van der Waals surface area contributed by atoms with Crippen molar-refractivity contribution in [1.82, 2.24) is 0 Å². The fourth-order valence-electron chi connectivity index (χ4n) is 13.1. The van der Waals surface area contributed by atoms with Crippen LogP contribution in [0.2, 0.25) is 0 Å². The molecule has 6 atom stereocenters. The molecular formula is C66H111O4P. The Morgan fingerprint density at radius 3 is 0.803 bits per heavy atom. The minimum absolute atomic E-state index is 0.0825. The Morgan fingerprint density at radius 1 is 0.380 bits per heavy atom. The molecular weight excluding hydrogens is 888 g/mol. The highest BCUT2D eigenvalue weighted by Gasteiger charge is 2.46. The summed E-state index contributed by atoms with van der Waals surface area (Å²) in [5.41, 5.74) is 6.79. The normalized spacial score (nSPS) is 16.8. The molecule has 0 aliphatic heterocycles. The van der Waals surface area contributed by atoms with Gasteiger partial charge in [0.15, 0.2) is 0 Å². The second-order valence-electron chi connectivity index (χ2n) is 27.6. The molecule has 0 radical (unpaired) electrons. The number of unbranched alkanes of at least 4 members (excludes halogenated alkanes) is 3. The zero-order chi connectivity index (χ0) is 53.6. The third kappa shape index (κ3) is 19.1. The molecule has 3 aromatic rings. The van der Waals surface area contributed by atoms with Crippen LogP contribution >= 0.6 is 7.82 Å². The van der Waals surface area contributed by atoms with Crippen molar-refractivity contribution in [3.63, 3.8) is 0 Å². The predicted molar refractivity (Wildman–Crippen MR) is 310 cm³/mol. The predicted octanol–water partition coefficient (Wildman–Crippen LogP) is 22.2. The third-order valence-electron chi connectivity index (χ3n) is 15.3. The molecule has 0 saturated carbocycles. The van der Waals surface area contributed by atoms with Gasteiger partial charge in [0, 0.05) is 0 Å². The van der Waals surface area contributed by atoms with Gasteiger partial charge in [0.25, 0.3) is 0 Å². The minimum atomic E-state index is -4.52. The lowest BCUT2D eigenvalue weighted by Gasteiger charge is -2.41. The molecule has 0 heterocycles. The van der Waals surface area contributed by atoms with Gasteiger partial charge in [0.1, 0.15) is 0 Å². The standard InChI is InChI=1S/C66H111O4P/c1-22-28-37-49(25-4)58(52-40-31-34-43-55(52)64(16,17)46-61(7,8)9)68-71(67,69-59(50(26-5)38-29-23-2)53-41-32-35-44-56(53)65(18,19)47-62(10,11)12)70-60(51(27-6)39-30-24-3)54-42-33-36-45-57(54)66(20,21)48-63(13,14)15/h31-36,40-45,49-51,58-60H,22-30,37-39,46-48H2,1-21H3. The van der Waals surface area contributed by atoms with Crippen LogP contribution in [0, 0.1) is 34.0 Å². The first kappa shape index (κ1) is 63.1. The van der Waals surface area contributed by atoms with Crippen LogP contribution in [-0.4, -0.2) is 0 Å². The Hall–Kier alpha value is -2.23. The van der Waals surface area contributed by atoms with Crippen molar-refractivity contribution < 1.29 is 18.1 Å². The SMILES string of the molecule is CCCCC(CC)C(OP(=O)(OC(c1ccccc1C(C)(C)CC(C)(C)C)C(CC)CCCC)OC(c1ccccc1C(C)(C)CC(C)(C)C)C(CC)CCCC)c1ccccc1C(C)(C)CC(C)(C)C. The summed E-state index contributed by atoms with van der Waals surface area (Å²) in [7, 11) is -4.52. The number of rotatable bonds is 30. The van der Waals surface area contributed by atoms with E-state index in [9.17, 15) is 0 Å². The summed E-state index contributed by atoms with van der Waals surface area (Å²) in [5, 5.41) is 0. The summed E-state index contributed by atoms with van der Waals surface area (Å²) in [6, 6.07) is 26.7. The maximum absolute atomic E-state index is 17.5. The Balaban J connectivity index is 2.63. The van der Waals surface area contributed by atoms with Gasteiger partial charge in [-0.2, -0.15) is 0 Å². The van der Waals surface area contributed by atoms with Crippen LogP contribution in [0.1, 0.15) is 293 Å². The van der Waals surface area contributed by atoms with Crippen LogP contribution < -0.4 is 0 Å². The Labute approximate surface area is 440 Å². The molecule has 0 aliphatic rings. The molecule has 0 aliphatic carbocycles. The lowest BCUT2D eigenvalue weighted by molar-refractivity contribution is -0.0184. The lowest BCUT2D eigenvalue weighted by atomic mass is 9.70. The monoisotopic (exact) mass is 999 g/mol. The fourth-order valence-corrected chi connectivity index (χ4v) is 15.0. The molecule has 0 spiro atoms. The van der Waals surface area contributed by atoms with E-state index in [0.29, 0.717) is 0 Å². The smallest absolute Gasteiger partial charge is 0.278 e. The van der Waals surface area contributed by atoms with E-state index in [1.54, 1.807) is 0 Å². The van der Waals surface area contributed by atoms with Crippen molar-refractivity contribution >= 4 is 7.82 Å². The Bertz CT molecular complexity index is 1820. The van der Waals surface area contributed by atoms with Crippen LogP contribution in [0.4, 0.5) is 0 Å². The molecule has 0 bridgehead atoms. The zero-order valence-corrected chi connectivity index (χ0v) is 51.0. The zero-order valence-electron chi connectivity index (χ0n) is 50.1. The van der Waals surface area contributed by atoms with Gasteiger partial charge in [0.2, 0.25) is 0 Å². The van der Waals surface area contributed by atoms with E-state index in [1.165, 1.54) is 16.7 Å². The van der Waals surface area contributed by atoms with E-state index in [-0.39, 0.29) is 50.2 Å². The summed E-state index contributed by atoms with van der Waals surface area (Å²) < 4.78 is 40.8. The van der Waals surface area contributed by atoms with E-state index in [1.807, 2.05) is 0 Å². The highest BCUT2D eigenvalue weighted by molar-refractivity contribution is 7.48. The van der Waals surface area contributed by atoms with Crippen LogP contribution in [0.3, 0.4) is 0 Å². The summed E-state index contributed by atoms with van der Waals surface area (Å²) in [5.74, 6) is 0.247. The first-order chi connectivity index (χ1) is 32.9. The number of hydrogen-bond donors (Lipinski definition) is 0. The van der Waals surface area contributed by atoms with Crippen molar-refractivity contribution in [2.75, 3.05) is 0 Å². The van der Waals surface area contributed by atoms with Crippen molar-refractivity contribution in [3.05, 3.63) is 106 Å². The molecule has 71 heavy (non-hydrogen) atoms. The van der Waals surface area contributed by atoms with Gasteiger partial charge in [-0.1, -0.05) is 276 Å². The molecule has 5 heteroatoms. The molecule has 3 rings (SSSR count). The van der Waals surface area contributed by atoms with Gasteiger partial charge in [0.05, 0.1) is 18.3 Å². The largest absolute Gasteiger partial charge is 0.476 e. The average Bonchev–Trinajstić information content (AvgIpc) is 3.26. The van der Waals surface area contributed by atoms with Gasteiger partial charge in [-0.25, -0.2) is 4.57 Å². The first-order valence-corrected chi connectivity index (χ1v) is 30.3. The van der Waals surface area contributed by atoms with Crippen LogP contribution in [-0.2, 0) is 34.4 Å². The maximum atomic E-state index is 17.5. The van der Waals surface area contributed by atoms with Gasteiger partial charge in [-0.15, -0.1) is 0 Å². The van der Waals surface area contributed by atoms with E-state index in [0.717, 1.165) is 113 Å². The fraction of sp³-hybridized carbons (Fsp3) is 0.727. The molecule has 0 aromatic heterocycles. The quantitative estimate of drug-likeness (QED) is 0.0624. The summed E-state index contributed by atoms with van der Waals surface area (Å²) >= 11 is 0. The van der Waals surface area contributed by atoms with E-state index in [2.05, 4.69) is 218 Å². The minimum Gasteiger partial charge on any atom is -0.278 e. The van der Waals surface area contributed by atoms with Crippen molar-refractivity contribution in [3.8, 4) is 0 Å². The topological polar surface area (TPSA) is 44.8 Å². The molecule has 0 N–H and O–H groups in total. The Kier molecular flexibility index (Phi) is 24.0. The molecule has 6 unspecified atom stereocenters. The summed E-state index contributed by atoms with van der Waals surface area (Å²) in [6.45, 7) is 49.0.